The molecule has 1 aliphatic rings. The third-order valence-electron chi connectivity index (χ3n) is 5.95. The lowest BCUT2D eigenvalue weighted by Crippen LogP contribution is -2.67. The van der Waals surface area contributed by atoms with Crippen molar-refractivity contribution in [3.8, 4) is 0 Å². The molecule has 3 amide bonds. The van der Waals surface area contributed by atoms with Crippen LogP contribution >= 0.6 is 0 Å². The molecule has 0 saturated carbocycles. The molecule has 1 heterocycles. The lowest BCUT2D eigenvalue weighted by atomic mass is 9.96. The molecule has 0 radical (unpaired) electrons. The number of ether oxygens (including phenoxy) is 6. The summed E-state index contributed by atoms with van der Waals surface area (Å²) >= 11 is 0. The Bertz CT molecular complexity index is 1180. The minimum absolute atomic E-state index is 0.118. The summed E-state index contributed by atoms with van der Waals surface area (Å²) < 4.78 is 31.3. The molecule has 3 N–H and O–H groups in total. The normalized spacial score (nSPS) is 21.7. The van der Waals surface area contributed by atoms with Gasteiger partial charge < -0.3 is 44.4 Å². The summed E-state index contributed by atoms with van der Waals surface area (Å²) in [7, 11) is 2.36. The first-order chi connectivity index (χ1) is 20.4. The predicted molar refractivity (Wildman–Crippen MR) is 142 cm³/mol. The van der Waals surface area contributed by atoms with Crippen LogP contribution in [0.2, 0.25) is 0 Å². The van der Waals surface area contributed by atoms with Gasteiger partial charge in [-0.15, -0.1) is 0 Å². The largest absolute Gasteiger partial charge is 0.467 e. The molecule has 2 rings (SSSR count). The lowest BCUT2D eigenvalue weighted by molar-refractivity contribution is -0.271. The number of esters is 4. The Balaban J connectivity index is 2.12. The van der Waals surface area contributed by atoms with Gasteiger partial charge in [0.1, 0.15) is 24.8 Å². The van der Waals surface area contributed by atoms with Crippen LogP contribution in [0.1, 0.15) is 26.3 Å². The molecule has 16 nitrogen and oxygen atoms in total. The monoisotopic (exact) mass is 609 g/mol. The van der Waals surface area contributed by atoms with Crippen LogP contribution in [0.5, 0.6) is 0 Å². The average molecular weight is 610 g/mol. The second-order valence-corrected chi connectivity index (χ2v) is 9.24. The minimum atomic E-state index is -1.44. The van der Waals surface area contributed by atoms with E-state index in [-0.39, 0.29) is 6.42 Å². The van der Waals surface area contributed by atoms with Crippen molar-refractivity contribution in [2.75, 3.05) is 27.4 Å². The van der Waals surface area contributed by atoms with Gasteiger partial charge in [0.05, 0.1) is 13.7 Å². The van der Waals surface area contributed by atoms with E-state index in [0.717, 1.165) is 33.4 Å². The number of amides is 3. The minimum Gasteiger partial charge on any atom is -0.467 e. The van der Waals surface area contributed by atoms with Gasteiger partial charge in [-0.3, -0.25) is 28.8 Å². The smallest absolute Gasteiger partial charge is 0.328 e. The summed E-state index contributed by atoms with van der Waals surface area (Å²) in [4.78, 5) is 85.2. The number of hydrogen-bond acceptors (Lipinski definition) is 13. The van der Waals surface area contributed by atoms with Crippen LogP contribution in [0.25, 0.3) is 0 Å². The Labute approximate surface area is 247 Å². The van der Waals surface area contributed by atoms with Gasteiger partial charge in [0.2, 0.25) is 5.91 Å². The van der Waals surface area contributed by atoms with Crippen LogP contribution in [-0.2, 0) is 68.4 Å². The number of hydrogen-bond donors (Lipinski definition) is 3. The fraction of sp³-hybridized carbons (Fsp3) is 0.519. The number of rotatable bonds is 12. The van der Waals surface area contributed by atoms with Crippen molar-refractivity contribution in [1.82, 2.24) is 16.0 Å². The van der Waals surface area contributed by atoms with E-state index in [1.165, 1.54) is 7.11 Å². The average Bonchev–Trinajstić information content (AvgIpc) is 2.96. The van der Waals surface area contributed by atoms with Gasteiger partial charge in [0.25, 0.3) is 0 Å². The van der Waals surface area contributed by atoms with E-state index in [1.807, 2.05) is 0 Å². The summed E-state index contributed by atoms with van der Waals surface area (Å²) in [5, 5.41) is 6.87. The van der Waals surface area contributed by atoms with Gasteiger partial charge in [-0.05, 0) is 5.56 Å². The molecule has 1 unspecified atom stereocenters. The molecule has 1 fully saturated rings. The standard InChI is InChI=1S/C27H35N3O13/c1-14(31)40-13-19-22(41-15(2)32)23(42-16(3)33)21(27(39-5)43-19)30-25(36)24(35)28-12-20(34)29-18(26(37)38-4)11-17-9-7-6-8-10-17/h6-10,18-19,21-23,27H,11-13H2,1-5H3,(H,28,35)(H,29,34)(H,30,36)/t18?,19-,21-,22-,23-,27+/m1/s1. The maximum atomic E-state index is 12.8. The van der Waals surface area contributed by atoms with Gasteiger partial charge in [-0.2, -0.15) is 0 Å². The van der Waals surface area contributed by atoms with Crippen LogP contribution < -0.4 is 16.0 Å². The van der Waals surface area contributed by atoms with Crippen LogP contribution in [0.3, 0.4) is 0 Å². The molecule has 43 heavy (non-hydrogen) atoms. The maximum absolute atomic E-state index is 12.8. The zero-order chi connectivity index (χ0) is 32.1. The van der Waals surface area contributed by atoms with Gasteiger partial charge in [0, 0.05) is 34.3 Å². The summed E-state index contributed by atoms with van der Waals surface area (Å²) in [6.07, 6.45) is -5.25. The summed E-state index contributed by atoms with van der Waals surface area (Å²) in [6.45, 7) is 2.18. The van der Waals surface area contributed by atoms with Crippen molar-refractivity contribution in [3.05, 3.63) is 35.9 Å². The second-order valence-electron chi connectivity index (χ2n) is 9.24. The first kappa shape index (κ1) is 34.6. The highest BCUT2D eigenvalue weighted by molar-refractivity contribution is 6.35. The fourth-order valence-corrected chi connectivity index (χ4v) is 4.15. The molecule has 1 aromatic rings. The van der Waals surface area contributed by atoms with Crippen molar-refractivity contribution in [1.29, 1.82) is 0 Å². The van der Waals surface area contributed by atoms with Crippen molar-refractivity contribution in [2.45, 2.75) is 63.9 Å². The third-order valence-corrected chi connectivity index (χ3v) is 5.95. The van der Waals surface area contributed by atoms with Gasteiger partial charge in [0.15, 0.2) is 18.5 Å². The molecule has 16 heteroatoms. The Hall–Kier alpha value is -4.57. The van der Waals surface area contributed by atoms with E-state index in [4.69, 9.17) is 28.4 Å². The molecule has 0 bridgehead atoms. The molecule has 1 aliphatic heterocycles. The number of carbonyl (C=O) groups excluding carboxylic acids is 7. The highest BCUT2D eigenvalue weighted by atomic mass is 16.7. The fourth-order valence-electron chi connectivity index (χ4n) is 4.15. The van der Waals surface area contributed by atoms with Crippen LogP contribution in [0, 0.1) is 0 Å². The van der Waals surface area contributed by atoms with E-state index >= 15 is 0 Å². The molecule has 0 aromatic heterocycles. The van der Waals surface area contributed by atoms with E-state index in [1.54, 1.807) is 30.3 Å². The molecule has 1 saturated heterocycles. The van der Waals surface area contributed by atoms with Crippen LogP contribution in [-0.4, -0.2) is 106 Å². The molecule has 1 aromatic carbocycles. The zero-order valence-corrected chi connectivity index (χ0v) is 24.3. The van der Waals surface area contributed by atoms with Crippen molar-refractivity contribution in [3.63, 3.8) is 0 Å². The number of carbonyl (C=O) groups is 7. The number of nitrogens with one attached hydrogen (secondary N) is 3. The van der Waals surface area contributed by atoms with Crippen LogP contribution in [0.15, 0.2) is 30.3 Å². The van der Waals surface area contributed by atoms with E-state index in [9.17, 15) is 33.6 Å². The summed E-state index contributed by atoms with van der Waals surface area (Å²) in [5.74, 6) is -6.36. The topological polar surface area (TPSA) is 211 Å². The summed E-state index contributed by atoms with van der Waals surface area (Å²) in [6, 6.07) is 6.36. The second kappa shape index (κ2) is 16.8. The third kappa shape index (κ3) is 11.0. The lowest BCUT2D eigenvalue weighted by Gasteiger charge is -2.44. The Kier molecular flexibility index (Phi) is 13.5. The Morgan fingerprint density at radius 2 is 1.49 bits per heavy atom. The first-order valence-corrected chi connectivity index (χ1v) is 13.0. The van der Waals surface area contributed by atoms with Crippen molar-refractivity contribution < 1.29 is 62.0 Å². The SMILES string of the molecule is COC(=O)C(Cc1ccccc1)NC(=O)CNC(=O)C(=O)N[C@H]1[C@@H](OC)O[C@H](COC(C)=O)[C@@H](OC(C)=O)[C@@H]1OC(C)=O. The molecule has 0 aliphatic carbocycles. The zero-order valence-electron chi connectivity index (χ0n) is 24.3. The quantitative estimate of drug-likeness (QED) is 0.137. The Morgan fingerprint density at radius 3 is 2.05 bits per heavy atom. The maximum Gasteiger partial charge on any atom is 0.328 e. The highest BCUT2D eigenvalue weighted by Crippen LogP contribution is 2.27. The highest BCUT2D eigenvalue weighted by Gasteiger charge is 2.51. The molecule has 0 spiro atoms. The van der Waals surface area contributed by atoms with Gasteiger partial charge in [-0.1, -0.05) is 30.3 Å². The summed E-state index contributed by atoms with van der Waals surface area (Å²) in [5.41, 5.74) is 0.744. The molecule has 6 atom stereocenters. The van der Waals surface area contributed by atoms with E-state index in [0.29, 0.717) is 0 Å². The van der Waals surface area contributed by atoms with Gasteiger partial charge >= 0.3 is 35.7 Å². The van der Waals surface area contributed by atoms with E-state index in [2.05, 4.69) is 16.0 Å². The number of methoxy groups -OCH3 is 2. The first-order valence-electron chi connectivity index (χ1n) is 13.0. The van der Waals surface area contributed by atoms with Crippen molar-refractivity contribution >= 4 is 41.6 Å². The molecular formula is C27H35N3O13. The van der Waals surface area contributed by atoms with Crippen LogP contribution in [0.4, 0.5) is 0 Å². The van der Waals surface area contributed by atoms with Gasteiger partial charge in [-0.25, -0.2) is 4.79 Å². The number of benzene rings is 1. The molecular weight excluding hydrogens is 574 g/mol. The predicted octanol–water partition coefficient (Wildman–Crippen LogP) is -1.71. The Morgan fingerprint density at radius 1 is 0.860 bits per heavy atom. The molecule has 236 valence electrons. The van der Waals surface area contributed by atoms with E-state index < -0.39 is 91.4 Å². The van der Waals surface area contributed by atoms with Crippen molar-refractivity contribution in [2.24, 2.45) is 0 Å².